The van der Waals surface area contributed by atoms with E-state index < -0.39 is 16.0 Å². The first-order valence-corrected chi connectivity index (χ1v) is 9.34. The Morgan fingerprint density at radius 3 is 2.71 bits per heavy atom. The number of ether oxygens (including phenoxy) is 1. The molecular formula is C16H14N2O4S2. The van der Waals surface area contributed by atoms with Crippen LogP contribution in [-0.4, -0.2) is 38.7 Å². The molecule has 124 valence electrons. The first kappa shape index (κ1) is 16.6. The molecule has 0 radical (unpaired) electrons. The first-order valence-electron chi connectivity index (χ1n) is 6.95. The van der Waals surface area contributed by atoms with Crippen molar-refractivity contribution in [1.82, 2.24) is 4.31 Å². The zero-order valence-corrected chi connectivity index (χ0v) is 14.6. The molecule has 0 aliphatic carbocycles. The highest BCUT2D eigenvalue weighted by molar-refractivity contribution is 7.89. The minimum atomic E-state index is -3.57. The van der Waals surface area contributed by atoms with Gasteiger partial charge in [-0.1, -0.05) is 6.07 Å². The molecule has 1 aliphatic rings. The molecule has 0 fully saturated rings. The number of rotatable bonds is 4. The lowest BCUT2D eigenvalue weighted by molar-refractivity contribution is -0.129. The van der Waals surface area contributed by atoms with Crippen molar-refractivity contribution in [2.75, 3.05) is 14.1 Å². The summed E-state index contributed by atoms with van der Waals surface area (Å²) in [6.07, 6.45) is 1.63. The van der Waals surface area contributed by atoms with Crippen molar-refractivity contribution in [2.24, 2.45) is 4.99 Å². The topological polar surface area (TPSA) is 76.0 Å². The lowest BCUT2D eigenvalue weighted by Crippen LogP contribution is -2.22. The van der Waals surface area contributed by atoms with Crippen molar-refractivity contribution in [3.63, 3.8) is 0 Å². The summed E-state index contributed by atoms with van der Waals surface area (Å²) in [4.78, 5) is 16.2. The molecule has 6 nitrogen and oxygen atoms in total. The Hall–Kier alpha value is -2.29. The molecule has 0 unspecified atom stereocenters. The van der Waals surface area contributed by atoms with E-state index in [0.717, 1.165) is 9.87 Å². The molecule has 0 saturated heterocycles. The molecule has 1 aliphatic heterocycles. The Morgan fingerprint density at radius 1 is 1.25 bits per heavy atom. The zero-order chi connectivity index (χ0) is 17.3. The van der Waals surface area contributed by atoms with E-state index in [9.17, 15) is 13.2 Å². The summed E-state index contributed by atoms with van der Waals surface area (Å²) < 4.78 is 30.7. The number of nitrogens with zero attached hydrogens (tertiary/aromatic N) is 2. The van der Waals surface area contributed by atoms with Gasteiger partial charge in [0.05, 0.1) is 4.90 Å². The molecule has 0 spiro atoms. The fourth-order valence-corrected chi connectivity index (χ4v) is 3.61. The SMILES string of the molecule is CN(C)S(=O)(=O)c1cccc(C2=N/C(=C/c3ccsc3)C(=O)O2)c1. The number of esters is 1. The van der Waals surface area contributed by atoms with Gasteiger partial charge in [0.2, 0.25) is 15.9 Å². The molecule has 0 amide bonds. The number of benzene rings is 1. The molecule has 1 aromatic heterocycles. The van der Waals surface area contributed by atoms with Crippen molar-refractivity contribution < 1.29 is 17.9 Å². The lowest BCUT2D eigenvalue weighted by Gasteiger charge is -2.11. The van der Waals surface area contributed by atoms with Crippen LogP contribution in [0.4, 0.5) is 0 Å². The average Bonchev–Trinajstić information content (AvgIpc) is 3.18. The molecule has 2 heterocycles. The molecule has 0 bridgehead atoms. The second-order valence-electron chi connectivity index (χ2n) is 5.21. The van der Waals surface area contributed by atoms with Crippen LogP contribution >= 0.6 is 11.3 Å². The number of aliphatic imine (C=N–C) groups is 1. The van der Waals surface area contributed by atoms with Gasteiger partial charge in [-0.25, -0.2) is 22.5 Å². The molecule has 0 saturated carbocycles. The van der Waals surface area contributed by atoms with Gasteiger partial charge in [0.25, 0.3) is 0 Å². The number of hydrogen-bond acceptors (Lipinski definition) is 6. The van der Waals surface area contributed by atoms with Gasteiger partial charge in [0.15, 0.2) is 5.70 Å². The fourth-order valence-electron chi connectivity index (χ4n) is 2.05. The summed E-state index contributed by atoms with van der Waals surface area (Å²) in [7, 11) is -0.662. The summed E-state index contributed by atoms with van der Waals surface area (Å²) in [6.45, 7) is 0. The molecule has 0 N–H and O–H groups in total. The Balaban J connectivity index is 1.97. The number of thiophene rings is 1. The molecule has 0 atom stereocenters. The van der Waals surface area contributed by atoms with Crippen LogP contribution in [0, 0.1) is 0 Å². The first-order chi connectivity index (χ1) is 11.4. The van der Waals surface area contributed by atoms with E-state index in [1.54, 1.807) is 18.2 Å². The average molecular weight is 362 g/mol. The highest BCUT2D eigenvalue weighted by Gasteiger charge is 2.25. The predicted molar refractivity (Wildman–Crippen MR) is 92.2 cm³/mol. The normalized spacial score (nSPS) is 16.5. The fraction of sp³-hybridized carbons (Fsp3) is 0.125. The largest absolute Gasteiger partial charge is 0.402 e. The predicted octanol–water partition coefficient (Wildman–Crippen LogP) is 2.34. The van der Waals surface area contributed by atoms with Gasteiger partial charge >= 0.3 is 5.97 Å². The number of carbonyl (C=O) groups excluding carboxylic acids is 1. The summed E-state index contributed by atoms with van der Waals surface area (Å²) in [5.41, 5.74) is 1.48. The van der Waals surface area contributed by atoms with Crippen molar-refractivity contribution in [3.8, 4) is 0 Å². The van der Waals surface area contributed by atoms with Crippen LogP contribution in [0.2, 0.25) is 0 Å². The highest BCUT2D eigenvalue weighted by Crippen LogP contribution is 2.22. The Bertz CT molecular complexity index is 942. The van der Waals surface area contributed by atoms with E-state index in [1.807, 2.05) is 16.8 Å². The summed E-state index contributed by atoms with van der Waals surface area (Å²) in [5.74, 6) is -0.464. The van der Waals surface area contributed by atoms with Gasteiger partial charge in [-0.15, -0.1) is 0 Å². The van der Waals surface area contributed by atoms with Crippen molar-refractivity contribution in [1.29, 1.82) is 0 Å². The van der Waals surface area contributed by atoms with Gasteiger partial charge in [-0.2, -0.15) is 11.3 Å². The molecule has 24 heavy (non-hydrogen) atoms. The second-order valence-corrected chi connectivity index (χ2v) is 8.14. The van der Waals surface area contributed by atoms with E-state index in [0.29, 0.717) is 5.56 Å². The van der Waals surface area contributed by atoms with E-state index in [-0.39, 0.29) is 16.5 Å². The van der Waals surface area contributed by atoms with E-state index in [1.165, 1.54) is 37.6 Å². The molecular weight excluding hydrogens is 348 g/mol. The number of cyclic esters (lactones) is 1. The third-order valence-corrected chi connectivity index (χ3v) is 5.84. The Morgan fingerprint density at radius 2 is 2.04 bits per heavy atom. The molecule has 3 rings (SSSR count). The lowest BCUT2D eigenvalue weighted by atomic mass is 10.2. The van der Waals surface area contributed by atoms with Crippen LogP contribution in [0.25, 0.3) is 6.08 Å². The van der Waals surface area contributed by atoms with Crippen LogP contribution in [0.15, 0.2) is 56.7 Å². The van der Waals surface area contributed by atoms with Crippen LogP contribution in [0.5, 0.6) is 0 Å². The molecule has 2 aromatic rings. The monoisotopic (exact) mass is 362 g/mol. The van der Waals surface area contributed by atoms with E-state index >= 15 is 0 Å². The molecule has 8 heteroatoms. The van der Waals surface area contributed by atoms with Crippen molar-refractivity contribution in [2.45, 2.75) is 4.90 Å². The van der Waals surface area contributed by atoms with Gasteiger partial charge in [-0.05, 0) is 46.7 Å². The van der Waals surface area contributed by atoms with Crippen molar-refractivity contribution in [3.05, 3.63) is 57.9 Å². The summed E-state index contributed by atoms with van der Waals surface area (Å²) >= 11 is 1.51. The van der Waals surface area contributed by atoms with Gasteiger partial charge < -0.3 is 4.74 Å². The summed E-state index contributed by atoms with van der Waals surface area (Å²) in [6, 6.07) is 8.02. The maximum Gasteiger partial charge on any atom is 0.363 e. The van der Waals surface area contributed by atoms with Gasteiger partial charge in [0.1, 0.15) is 0 Å². The number of sulfonamides is 1. The van der Waals surface area contributed by atoms with Crippen LogP contribution in [-0.2, 0) is 19.6 Å². The second kappa shape index (κ2) is 6.31. The van der Waals surface area contributed by atoms with Gasteiger partial charge in [-0.3, -0.25) is 0 Å². The van der Waals surface area contributed by atoms with E-state index in [4.69, 9.17) is 4.74 Å². The summed E-state index contributed by atoms with van der Waals surface area (Å²) in [5, 5.41) is 3.78. The Labute approximate surface area is 143 Å². The van der Waals surface area contributed by atoms with Crippen LogP contribution in [0.1, 0.15) is 11.1 Å². The third-order valence-electron chi connectivity index (χ3n) is 3.33. The Kier molecular flexibility index (Phi) is 4.35. The zero-order valence-electron chi connectivity index (χ0n) is 13.0. The van der Waals surface area contributed by atoms with Crippen LogP contribution in [0.3, 0.4) is 0 Å². The maximum atomic E-state index is 12.2. The smallest absolute Gasteiger partial charge is 0.363 e. The highest BCUT2D eigenvalue weighted by atomic mass is 32.2. The third kappa shape index (κ3) is 3.16. The van der Waals surface area contributed by atoms with Crippen molar-refractivity contribution >= 4 is 39.3 Å². The maximum absolute atomic E-state index is 12.2. The number of carbonyl (C=O) groups is 1. The minimum Gasteiger partial charge on any atom is -0.402 e. The standard InChI is InChI=1S/C16H14N2O4S2/c1-18(2)24(20,21)13-5-3-4-12(9-13)15-17-14(16(19)22-15)8-11-6-7-23-10-11/h3-10H,1-2H3/b14-8+. The molecule has 1 aromatic carbocycles. The van der Waals surface area contributed by atoms with Crippen LogP contribution < -0.4 is 0 Å². The van der Waals surface area contributed by atoms with Gasteiger partial charge in [0, 0.05) is 19.7 Å². The minimum absolute atomic E-state index is 0.0947. The quantitative estimate of drug-likeness (QED) is 0.618. The van der Waals surface area contributed by atoms with E-state index in [2.05, 4.69) is 4.99 Å². The number of hydrogen-bond donors (Lipinski definition) is 0.